The second-order valence-electron chi connectivity index (χ2n) is 8.81. The molecule has 18 heteroatoms. The van der Waals surface area contributed by atoms with Crippen LogP contribution < -0.4 is 4.74 Å². The van der Waals surface area contributed by atoms with E-state index in [-0.39, 0.29) is 15.8 Å². The summed E-state index contributed by atoms with van der Waals surface area (Å²) in [5.41, 5.74) is 1.64. The first-order valence-corrected chi connectivity index (χ1v) is 17.3. The maximum atomic E-state index is 13.5. The van der Waals surface area contributed by atoms with Gasteiger partial charge in [0.15, 0.2) is 0 Å². The van der Waals surface area contributed by atoms with E-state index in [0.717, 1.165) is 37.1 Å². The Morgan fingerprint density at radius 1 is 0.878 bits per heavy atom. The predicted molar refractivity (Wildman–Crippen MR) is 160 cm³/mol. The van der Waals surface area contributed by atoms with Crippen molar-refractivity contribution in [1.29, 1.82) is 0 Å². The summed E-state index contributed by atoms with van der Waals surface area (Å²) in [6.45, 7) is 4.65. The first-order valence-electron chi connectivity index (χ1n) is 11.3. The van der Waals surface area contributed by atoms with Crippen LogP contribution in [-0.2, 0) is 36.8 Å². The summed E-state index contributed by atoms with van der Waals surface area (Å²) in [4.78, 5) is 4.92. The number of halogens is 1. The highest BCUT2D eigenvalue weighted by atomic mass is 79.9. The molecule has 0 bridgehead atoms. The average molecular weight is 707 g/mol. The van der Waals surface area contributed by atoms with Crippen molar-refractivity contribution in [2.75, 3.05) is 52.8 Å². The molecule has 0 aliphatic carbocycles. The number of rotatable bonds is 5. The maximum absolute atomic E-state index is 13.5. The van der Waals surface area contributed by atoms with Gasteiger partial charge in [0.25, 0.3) is 30.3 Å². The Morgan fingerprint density at radius 3 is 1.88 bits per heavy atom. The van der Waals surface area contributed by atoms with Crippen LogP contribution in [-0.4, -0.2) is 112 Å². The van der Waals surface area contributed by atoms with Crippen molar-refractivity contribution in [3.8, 4) is 5.75 Å². The van der Waals surface area contributed by atoms with Crippen molar-refractivity contribution < 1.29 is 50.0 Å². The van der Waals surface area contributed by atoms with Gasteiger partial charge in [-0.15, -0.1) is 0 Å². The summed E-state index contributed by atoms with van der Waals surface area (Å²) in [6.07, 6.45) is 3.19. The Balaban J connectivity index is 0.00000116. The normalized spacial score (nSPS) is 14.4. The standard InChI is InChI=1S/C21H24BrN3O3S.2CH4O3S.2H2O/c1-23-9-11-24(12-10-23)14-16-15-25(20-8-7-17(28-2)13-18(16)20)29(26,27)21-6-4-3-5-19(21)22;2*1-5(2,3)4;;/h3-8,13,15H,9-12,14H2,1-2H3;2*1H3,(H,2,3,4);2*1H2. The Kier molecular flexibility index (Phi) is 15.1. The number of benzene rings is 2. The van der Waals surface area contributed by atoms with E-state index in [0.29, 0.717) is 34.8 Å². The average Bonchev–Trinajstić information content (AvgIpc) is 3.17. The smallest absolute Gasteiger partial charge is 0.269 e. The Labute approximate surface area is 248 Å². The molecule has 0 atom stereocenters. The SMILES string of the molecule is COc1ccc2c(c1)c(CN1CCN(C)CC1)cn2S(=O)(=O)c1ccccc1Br.CS(=O)(=O)O.CS(=O)(=O)O.O.O. The number of likely N-dealkylation sites (N-methyl/N-ethyl adjacent to an activating group) is 1. The number of methoxy groups -OCH3 is 1. The lowest BCUT2D eigenvalue weighted by Gasteiger charge is -2.32. The van der Waals surface area contributed by atoms with Crippen LogP contribution in [0, 0.1) is 0 Å². The number of ether oxygens (including phenoxy) is 1. The highest BCUT2D eigenvalue weighted by Gasteiger charge is 2.25. The molecule has 4 rings (SSSR count). The van der Waals surface area contributed by atoms with Gasteiger partial charge in [-0.05, 0) is 58.9 Å². The van der Waals surface area contributed by atoms with Gasteiger partial charge in [-0.1, -0.05) is 12.1 Å². The summed E-state index contributed by atoms with van der Waals surface area (Å²) in [6, 6.07) is 12.4. The van der Waals surface area contributed by atoms with E-state index in [1.807, 2.05) is 12.1 Å². The molecule has 41 heavy (non-hydrogen) atoms. The van der Waals surface area contributed by atoms with Gasteiger partial charge in [0.2, 0.25) is 0 Å². The molecule has 234 valence electrons. The molecule has 1 fully saturated rings. The largest absolute Gasteiger partial charge is 0.497 e. The van der Waals surface area contributed by atoms with E-state index in [4.69, 9.17) is 13.8 Å². The second-order valence-corrected chi connectivity index (χ2v) is 14.4. The number of piperazine rings is 1. The zero-order valence-electron chi connectivity index (χ0n) is 22.9. The molecule has 3 aromatic rings. The molecule has 0 amide bonds. The molecule has 14 nitrogen and oxygen atoms in total. The fourth-order valence-electron chi connectivity index (χ4n) is 3.70. The molecule has 1 aliphatic rings. The lowest BCUT2D eigenvalue weighted by atomic mass is 10.1. The third-order valence-corrected chi connectivity index (χ3v) is 8.11. The van der Waals surface area contributed by atoms with Crippen molar-refractivity contribution in [3.63, 3.8) is 0 Å². The van der Waals surface area contributed by atoms with Crippen LogP contribution in [0.5, 0.6) is 5.75 Å². The fourth-order valence-corrected chi connectivity index (χ4v) is 6.06. The molecule has 0 radical (unpaired) electrons. The second kappa shape index (κ2) is 15.9. The number of hydrogen-bond donors (Lipinski definition) is 2. The predicted octanol–water partition coefficient (Wildman–Crippen LogP) is 0.755. The molecule has 6 N–H and O–H groups in total. The van der Waals surface area contributed by atoms with Gasteiger partial charge in [0.1, 0.15) is 10.6 Å². The van der Waals surface area contributed by atoms with Crippen LogP contribution in [0.4, 0.5) is 0 Å². The molecule has 1 aliphatic heterocycles. The molecular formula is C23H36BrN3O11S3. The number of fused-ring (bicyclic) bond motifs is 1. The Morgan fingerprint density at radius 2 is 1.39 bits per heavy atom. The molecule has 0 unspecified atom stereocenters. The fraction of sp³-hybridized carbons (Fsp3) is 0.391. The van der Waals surface area contributed by atoms with Crippen LogP contribution >= 0.6 is 15.9 Å². The Bertz CT molecular complexity index is 1560. The molecule has 1 aromatic heterocycles. The highest BCUT2D eigenvalue weighted by molar-refractivity contribution is 9.10. The number of aromatic nitrogens is 1. The van der Waals surface area contributed by atoms with Gasteiger partial charge >= 0.3 is 0 Å². The van der Waals surface area contributed by atoms with E-state index in [1.54, 1.807) is 43.6 Å². The van der Waals surface area contributed by atoms with E-state index in [9.17, 15) is 25.3 Å². The minimum absolute atomic E-state index is 0. The van der Waals surface area contributed by atoms with Gasteiger partial charge in [-0.2, -0.15) is 16.8 Å². The molecule has 2 aromatic carbocycles. The van der Waals surface area contributed by atoms with Crippen LogP contribution in [0.2, 0.25) is 0 Å². The van der Waals surface area contributed by atoms with Crippen LogP contribution in [0.25, 0.3) is 10.9 Å². The lowest BCUT2D eigenvalue weighted by molar-refractivity contribution is 0.148. The quantitative estimate of drug-likeness (QED) is 0.352. The summed E-state index contributed by atoms with van der Waals surface area (Å²) < 4.78 is 86.0. The van der Waals surface area contributed by atoms with Crippen LogP contribution in [0.1, 0.15) is 5.56 Å². The van der Waals surface area contributed by atoms with Gasteiger partial charge in [-0.3, -0.25) is 14.0 Å². The van der Waals surface area contributed by atoms with Gasteiger partial charge in [0.05, 0.1) is 25.1 Å². The van der Waals surface area contributed by atoms with Crippen molar-refractivity contribution in [3.05, 3.63) is 58.7 Å². The molecule has 2 heterocycles. The molecule has 0 saturated carbocycles. The zero-order valence-corrected chi connectivity index (χ0v) is 26.9. The molecular weight excluding hydrogens is 670 g/mol. The summed E-state index contributed by atoms with van der Waals surface area (Å²) >= 11 is 3.38. The van der Waals surface area contributed by atoms with Crippen molar-refractivity contribution in [2.24, 2.45) is 0 Å². The topological polar surface area (TPSA) is 227 Å². The van der Waals surface area contributed by atoms with Crippen molar-refractivity contribution in [2.45, 2.75) is 11.4 Å². The van der Waals surface area contributed by atoms with Crippen LogP contribution in [0.15, 0.2) is 58.0 Å². The lowest BCUT2D eigenvalue weighted by Crippen LogP contribution is -2.43. The number of nitrogens with zero attached hydrogens (tertiary/aromatic N) is 3. The van der Waals surface area contributed by atoms with Crippen LogP contribution in [0.3, 0.4) is 0 Å². The first-order chi connectivity index (χ1) is 17.9. The first kappa shape index (κ1) is 38.9. The summed E-state index contributed by atoms with van der Waals surface area (Å²) in [7, 11) is -7.33. The monoisotopic (exact) mass is 705 g/mol. The van der Waals surface area contributed by atoms with Crippen molar-refractivity contribution >= 4 is 57.1 Å². The van der Waals surface area contributed by atoms with Gasteiger partial charge in [-0.25, -0.2) is 12.4 Å². The van der Waals surface area contributed by atoms with E-state index < -0.39 is 30.3 Å². The van der Waals surface area contributed by atoms with E-state index in [1.165, 1.54) is 3.97 Å². The third-order valence-electron chi connectivity index (χ3n) is 5.42. The minimum Gasteiger partial charge on any atom is -0.497 e. The maximum Gasteiger partial charge on any atom is 0.269 e. The van der Waals surface area contributed by atoms with Gasteiger partial charge < -0.3 is 20.6 Å². The highest BCUT2D eigenvalue weighted by Crippen LogP contribution is 2.32. The Hall–Kier alpha value is -2.13. The van der Waals surface area contributed by atoms with Gasteiger partial charge in [0, 0.05) is 48.8 Å². The molecule has 1 saturated heterocycles. The summed E-state index contributed by atoms with van der Waals surface area (Å²) in [5, 5.41) is 0.902. The number of hydrogen-bond acceptors (Lipinski definition) is 9. The minimum atomic E-state index is -3.74. The van der Waals surface area contributed by atoms with E-state index in [2.05, 4.69) is 32.8 Å². The zero-order chi connectivity index (χ0) is 29.6. The van der Waals surface area contributed by atoms with E-state index >= 15 is 0 Å². The summed E-state index contributed by atoms with van der Waals surface area (Å²) in [5.74, 6) is 0.716. The van der Waals surface area contributed by atoms with Crippen molar-refractivity contribution in [1.82, 2.24) is 13.8 Å². The molecule has 0 spiro atoms. The third kappa shape index (κ3) is 12.7.